The number of rotatable bonds is 7. The van der Waals surface area contributed by atoms with Crippen LogP contribution in [0, 0.1) is 5.92 Å². The third-order valence-corrected chi connectivity index (χ3v) is 4.87. The van der Waals surface area contributed by atoms with Gasteiger partial charge in [0.05, 0.1) is 13.2 Å². The van der Waals surface area contributed by atoms with Crippen LogP contribution in [0.4, 0.5) is 0 Å². The van der Waals surface area contributed by atoms with E-state index in [9.17, 15) is 9.90 Å². The number of methoxy groups -OCH3 is 1. The Labute approximate surface area is 142 Å². The number of hydrogen-bond acceptors (Lipinski definition) is 6. The zero-order chi connectivity index (χ0) is 16.9. The molecule has 1 aromatic rings. The Bertz CT molecular complexity index is 544. The summed E-state index contributed by atoms with van der Waals surface area (Å²) in [7, 11) is 1.64. The molecule has 132 valence electrons. The van der Waals surface area contributed by atoms with Gasteiger partial charge in [-0.3, -0.25) is 4.79 Å². The molecule has 2 fully saturated rings. The van der Waals surface area contributed by atoms with E-state index in [0.29, 0.717) is 25.3 Å². The van der Waals surface area contributed by atoms with E-state index in [1.807, 2.05) is 24.3 Å². The molecule has 2 aliphatic heterocycles. The highest BCUT2D eigenvalue weighted by atomic mass is 16.6. The van der Waals surface area contributed by atoms with Gasteiger partial charge >= 0.3 is 5.97 Å². The highest BCUT2D eigenvalue weighted by Crippen LogP contribution is 2.20. The summed E-state index contributed by atoms with van der Waals surface area (Å²) in [5.74, 6) is 1.18. The Morgan fingerprint density at radius 3 is 2.62 bits per heavy atom. The van der Waals surface area contributed by atoms with Crippen molar-refractivity contribution in [1.82, 2.24) is 10.6 Å². The molecule has 3 rings (SSSR count). The molecule has 0 aromatic heterocycles. The van der Waals surface area contributed by atoms with Gasteiger partial charge in [-0.15, -0.1) is 0 Å². The van der Waals surface area contributed by atoms with Crippen LogP contribution >= 0.6 is 0 Å². The van der Waals surface area contributed by atoms with Gasteiger partial charge in [0, 0.05) is 13.0 Å². The van der Waals surface area contributed by atoms with E-state index in [4.69, 9.17) is 9.47 Å². The first-order valence-corrected chi connectivity index (χ1v) is 8.60. The summed E-state index contributed by atoms with van der Waals surface area (Å²) in [5.41, 5.74) is 1.11. The van der Waals surface area contributed by atoms with Gasteiger partial charge in [0.25, 0.3) is 0 Å². The second kappa shape index (κ2) is 7.96. The molecule has 0 amide bonds. The first-order valence-electron chi connectivity index (χ1n) is 8.60. The number of esters is 1. The third kappa shape index (κ3) is 4.26. The zero-order valence-corrected chi connectivity index (χ0v) is 14.0. The molecule has 2 heterocycles. The van der Waals surface area contributed by atoms with Crippen molar-refractivity contribution in [3.8, 4) is 5.75 Å². The minimum absolute atomic E-state index is 0.0669. The monoisotopic (exact) mass is 334 g/mol. The molecule has 24 heavy (non-hydrogen) atoms. The fourth-order valence-electron chi connectivity index (χ4n) is 3.22. The molecule has 2 aliphatic rings. The lowest BCUT2D eigenvalue weighted by Gasteiger charge is -2.27. The lowest BCUT2D eigenvalue weighted by Crippen LogP contribution is -2.42. The molecule has 6 nitrogen and oxygen atoms in total. The summed E-state index contributed by atoms with van der Waals surface area (Å²) in [6.45, 7) is 2.42. The first-order chi connectivity index (χ1) is 11.7. The van der Waals surface area contributed by atoms with Crippen LogP contribution in [0.2, 0.25) is 0 Å². The average Bonchev–Trinajstić information content (AvgIpc) is 2.87. The molecule has 0 unspecified atom stereocenters. The molecular weight excluding hydrogens is 308 g/mol. The number of β-amino-alcohol motifs (C(OH)–C–C–N with tert-alkyl or cyclic N) is 1. The van der Waals surface area contributed by atoms with Crippen molar-refractivity contribution in [2.24, 2.45) is 5.92 Å². The molecular formula is C18H26N2O4. The van der Waals surface area contributed by atoms with Crippen molar-refractivity contribution in [1.29, 1.82) is 0 Å². The number of hydrogen-bond donors (Lipinski definition) is 3. The molecule has 0 radical (unpaired) electrons. The molecule has 2 saturated heterocycles. The van der Waals surface area contributed by atoms with Gasteiger partial charge < -0.3 is 25.2 Å². The van der Waals surface area contributed by atoms with Gasteiger partial charge in [0.15, 0.2) is 0 Å². The van der Waals surface area contributed by atoms with Crippen molar-refractivity contribution in [2.45, 2.75) is 37.5 Å². The molecule has 1 aromatic carbocycles. The smallest absolute Gasteiger partial charge is 0.306 e. The van der Waals surface area contributed by atoms with Crippen molar-refractivity contribution < 1.29 is 19.4 Å². The standard InChI is InChI=1S/C18H26N2O4/c1-23-14-5-2-12(3-6-14)8-15-18(16(21)11-20-15)24-17(22)7-4-13-9-19-10-13/h2-3,5-6,13,15-16,18-21H,4,7-11H2,1H3/t15-,16+,18+/m1/s1. The van der Waals surface area contributed by atoms with Crippen LogP contribution in [-0.4, -0.2) is 56.1 Å². The Morgan fingerprint density at radius 1 is 1.25 bits per heavy atom. The van der Waals surface area contributed by atoms with Crippen LogP contribution in [0.5, 0.6) is 5.75 Å². The number of carbonyl (C=O) groups is 1. The lowest BCUT2D eigenvalue weighted by atomic mass is 9.97. The van der Waals surface area contributed by atoms with Crippen LogP contribution < -0.4 is 15.4 Å². The molecule has 3 N–H and O–H groups in total. The van der Waals surface area contributed by atoms with E-state index in [0.717, 1.165) is 30.8 Å². The van der Waals surface area contributed by atoms with Gasteiger partial charge in [0.1, 0.15) is 18.0 Å². The largest absolute Gasteiger partial charge is 0.497 e. The van der Waals surface area contributed by atoms with Crippen LogP contribution in [0.15, 0.2) is 24.3 Å². The highest BCUT2D eigenvalue weighted by molar-refractivity contribution is 5.69. The van der Waals surface area contributed by atoms with E-state index in [-0.39, 0.29) is 12.0 Å². The van der Waals surface area contributed by atoms with E-state index in [2.05, 4.69) is 10.6 Å². The first kappa shape index (κ1) is 17.2. The topological polar surface area (TPSA) is 79.8 Å². The quantitative estimate of drug-likeness (QED) is 0.630. The predicted octanol–water partition coefficient (Wildman–Crippen LogP) is 0.482. The minimum Gasteiger partial charge on any atom is -0.497 e. The summed E-state index contributed by atoms with van der Waals surface area (Å²) < 4.78 is 10.7. The fourth-order valence-corrected chi connectivity index (χ4v) is 3.22. The maximum atomic E-state index is 12.1. The molecule has 0 saturated carbocycles. The number of nitrogens with one attached hydrogen (secondary N) is 2. The lowest BCUT2D eigenvalue weighted by molar-refractivity contribution is -0.154. The van der Waals surface area contributed by atoms with E-state index in [1.165, 1.54) is 0 Å². The van der Waals surface area contributed by atoms with Crippen LogP contribution in [0.25, 0.3) is 0 Å². The second-order valence-electron chi connectivity index (χ2n) is 6.65. The fraction of sp³-hybridized carbons (Fsp3) is 0.611. The van der Waals surface area contributed by atoms with Crippen LogP contribution in [0.1, 0.15) is 18.4 Å². The van der Waals surface area contributed by atoms with Crippen molar-refractivity contribution >= 4 is 5.97 Å². The average molecular weight is 334 g/mol. The van der Waals surface area contributed by atoms with Gasteiger partial charge in [-0.1, -0.05) is 12.1 Å². The molecule has 0 bridgehead atoms. The Morgan fingerprint density at radius 2 is 2.00 bits per heavy atom. The third-order valence-electron chi connectivity index (χ3n) is 4.87. The maximum Gasteiger partial charge on any atom is 0.306 e. The number of aliphatic hydroxyl groups excluding tert-OH is 1. The Hall–Kier alpha value is -1.63. The molecule has 0 aliphatic carbocycles. The number of carbonyl (C=O) groups excluding carboxylic acids is 1. The Balaban J connectivity index is 1.52. The molecule has 3 atom stereocenters. The minimum atomic E-state index is -0.650. The van der Waals surface area contributed by atoms with Crippen molar-refractivity contribution in [2.75, 3.05) is 26.7 Å². The maximum absolute atomic E-state index is 12.1. The van der Waals surface area contributed by atoms with Crippen LogP contribution in [-0.2, 0) is 16.0 Å². The van der Waals surface area contributed by atoms with Crippen LogP contribution in [0.3, 0.4) is 0 Å². The number of benzene rings is 1. The zero-order valence-electron chi connectivity index (χ0n) is 14.0. The molecule has 0 spiro atoms. The van der Waals surface area contributed by atoms with Gasteiger partial charge in [0.2, 0.25) is 0 Å². The van der Waals surface area contributed by atoms with E-state index >= 15 is 0 Å². The number of aliphatic hydroxyl groups is 1. The summed E-state index contributed by atoms with van der Waals surface area (Å²) in [6, 6.07) is 7.74. The normalized spacial score (nSPS) is 26.8. The summed E-state index contributed by atoms with van der Waals surface area (Å²) in [6.07, 6.45) is 0.836. The SMILES string of the molecule is COc1ccc(C[C@H]2NC[C@H](O)[C@H]2OC(=O)CCC2CNC2)cc1. The highest BCUT2D eigenvalue weighted by Gasteiger charge is 2.37. The van der Waals surface area contributed by atoms with Crippen molar-refractivity contribution in [3.63, 3.8) is 0 Å². The summed E-state index contributed by atoms with van der Waals surface area (Å²) >= 11 is 0. The van der Waals surface area contributed by atoms with Gasteiger partial charge in [-0.2, -0.15) is 0 Å². The number of ether oxygens (including phenoxy) is 2. The predicted molar refractivity (Wildman–Crippen MR) is 90.0 cm³/mol. The van der Waals surface area contributed by atoms with Crippen molar-refractivity contribution in [3.05, 3.63) is 29.8 Å². The molecule has 6 heteroatoms. The van der Waals surface area contributed by atoms with Gasteiger partial charge in [-0.05, 0) is 49.5 Å². The summed E-state index contributed by atoms with van der Waals surface area (Å²) in [5, 5.41) is 16.6. The summed E-state index contributed by atoms with van der Waals surface area (Å²) in [4.78, 5) is 12.1. The van der Waals surface area contributed by atoms with E-state index in [1.54, 1.807) is 7.11 Å². The van der Waals surface area contributed by atoms with E-state index < -0.39 is 12.2 Å². The van der Waals surface area contributed by atoms with Gasteiger partial charge in [-0.25, -0.2) is 0 Å². The Kier molecular flexibility index (Phi) is 5.71. The second-order valence-corrected chi connectivity index (χ2v) is 6.65.